The fraction of sp³-hybridized carbons (Fsp3) is 0.500. The van der Waals surface area contributed by atoms with E-state index < -0.39 is 0 Å². The summed E-state index contributed by atoms with van der Waals surface area (Å²) >= 11 is 0. The molecule has 10 heteroatoms. The van der Waals surface area contributed by atoms with E-state index in [9.17, 15) is 15.0 Å². The zero-order valence-electron chi connectivity index (χ0n) is 12.9. The van der Waals surface area contributed by atoms with E-state index in [0.717, 1.165) is 0 Å². The first-order chi connectivity index (χ1) is 11.6. The van der Waals surface area contributed by atoms with Gasteiger partial charge in [0.15, 0.2) is 0 Å². The molecule has 1 saturated heterocycles. The summed E-state index contributed by atoms with van der Waals surface area (Å²) in [6.45, 7) is 0.122. The van der Waals surface area contributed by atoms with Gasteiger partial charge in [-0.1, -0.05) is 10.2 Å². The van der Waals surface area contributed by atoms with E-state index in [1.807, 2.05) is 0 Å². The fourth-order valence-corrected chi connectivity index (χ4v) is 2.85. The van der Waals surface area contributed by atoms with Crippen LogP contribution in [0.2, 0.25) is 0 Å². The van der Waals surface area contributed by atoms with E-state index in [-0.39, 0.29) is 48.9 Å². The van der Waals surface area contributed by atoms with Crippen molar-refractivity contribution in [1.82, 2.24) is 4.90 Å². The Hall–Kier alpha value is -2.77. The summed E-state index contributed by atoms with van der Waals surface area (Å²) in [6, 6.07) is 4.18. The summed E-state index contributed by atoms with van der Waals surface area (Å²) in [7, 11) is 0. The third-order valence-corrected chi connectivity index (χ3v) is 3.93. The molecule has 1 heterocycles. The largest absolute Gasteiger partial charge is 0.396 e. The van der Waals surface area contributed by atoms with Gasteiger partial charge in [-0.3, -0.25) is 4.79 Å². The molecule has 1 aliphatic rings. The van der Waals surface area contributed by atoms with E-state index in [0.29, 0.717) is 18.5 Å². The SMILES string of the molecule is [N-]=[N+]=NCc1cc(N=[N+]=[N-])cc(C(=O)N2CC(CO)CC2CO)c1. The van der Waals surface area contributed by atoms with Crippen LogP contribution in [0.15, 0.2) is 28.4 Å². The highest BCUT2D eigenvalue weighted by Gasteiger charge is 2.34. The minimum Gasteiger partial charge on any atom is -0.396 e. The monoisotopic (exact) mass is 331 g/mol. The van der Waals surface area contributed by atoms with Crippen LogP contribution in [-0.2, 0) is 6.54 Å². The normalized spacial score (nSPS) is 19.5. The number of amides is 1. The number of aliphatic hydroxyl groups excluding tert-OH is 2. The van der Waals surface area contributed by atoms with Gasteiger partial charge in [0, 0.05) is 40.1 Å². The third kappa shape index (κ3) is 3.95. The zero-order valence-corrected chi connectivity index (χ0v) is 12.9. The molecule has 2 N–H and O–H groups in total. The molecule has 2 rings (SSSR count). The van der Waals surface area contributed by atoms with Crippen molar-refractivity contribution >= 4 is 11.6 Å². The van der Waals surface area contributed by atoms with Gasteiger partial charge in [0.2, 0.25) is 0 Å². The van der Waals surface area contributed by atoms with Crippen LogP contribution in [0.25, 0.3) is 20.9 Å². The van der Waals surface area contributed by atoms with Crippen LogP contribution >= 0.6 is 0 Å². The predicted molar refractivity (Wildman–Crippen MR) is 85.2 cm³/mol. The van der Waals surface area contributed by atoms with Gasteiger partial charge in [0.25, 0.3) is 5.91 Å². The molecule has 0 bridgehead atoms. The van der Waals surface area contributed by atoms with Crippen LogP contribution in [0.5, 0.6) is 0 Å². The van der Waals surface area contributed by atoms with Gasteiger partial charge in [0.1, 0.15) is 0 Å². The van der Waals surface area contributed by atoms with Crippen LogP contribution in [0.4, 0.5) is 5.69 Å². The van der Waals surface area contributed by atoms with Crippen molar-refractivity contribution in [2.75, 3.05) is 19.8 Å². The lowest BCUT2D eigenvalue weighted by atomic mass is 10.1. The molecule has 0 spiro atoms. The topological polar surface area (TPSA) is 158 Å². The van der Waals surface area contributed by atoms with E-state index in [4.69, 9.17) is 11.1 Å². The predicted octanol–water partition coefficient (Wildman–Crippen LogP) is 2.25. The Morgan fingerprint density at radius 3 is 2.67 bits per heavy atom. The molecule has 1 amide bonds. The lowest BCUT2D eigenvalue weighted by Crippen LogP contribution is -2.37. The van der Waals surface area contributed by atoms with Crippen LogP contribution in [0.1, 0.15) is 22.3 Å². The quantitative estimate of drug-likeness (QED) is 0.465. The summed E-state index contributed by atoms with van der Waals surface area (Å²) in [5, 5.41) is 25.7. The molecular weight excluding hydrogens is 314 g/mol. The number of carbonyl (C=O) groups is 1. The van der Waals surface area contributed by atoms with Gasteiger partial charge in [-0.15, -0.1) is 0 Å². The number of hydrogen-bond donors (Lipinski definition) is 2. The van der Waals surface area contributed by atoms with Gasteiger partial charge in [-0.25, -0.2) is 0 Å². The van der Waals surface area contributed by atoms with Crippen molar-refractivity contribution in [3.63, 3.8) is 0 Å². The molecule has 0 aliphatic carbocycles. The summed E-state index contributed by atoms with van der Waals surface area (Å²) in [5.41, 5.74) is 18.1. The van der Waals surface area contributed by atoms with Crippen LogP contribution in [0, 0.1) is 5.92 Å². The standard InChI is InChI=1S/C14H17N7O3/c15-19-17-5-9-1-11(4-12(2-9)18-20-16)14(24)21-6-10(7-22)3-13(21)8-23/h1-2,4,10,13,22-23H,3,5-8H2. The Morgan fingerprint density at radius 2 is 2.04 bits per heavy atom. The molecule has 0 radical (unpaired) electrons. The first kappa shape index (κ1) is 17.6. The van der Waals surface area contributed by atoms with Crippen molar-refractivity contribution in [2.45, 2.75) is 19.0 Å². The Kier molecular flexibility index (Phi) is 6.00. The summed E-state index contributed by atoms with van der Waals surface area (Å²) < 4.78 is 0. The van der Waals surface area contributed by atoms with E-state index in [1.165, 1.54) is 17.0 Å². The number of carbonyl (C=O) groups excluding carboxylic acids is 1. The maximum atomic E-state index is 12.8. The first-order valence-corrected chi connectivity index (χ1v) is 7.35. The van der Waals surface area contributed by atoms with Crippen LogP contribution in [0.3, 0.4) is 0 Å². The number of benzene rings is 1. The van der Waals surface area contributed by atoms with E-state index >= 15 is 0 Å². The highest BCUT2D eigenvalue weighted by Crippen LogP contribution is 2.27. The molecule has 1 aromatic rings. The van der Waals surface area contributed by atoms with Crippen LogP contribution < -0.4 is 0 Å². The second-order valence-corrected chi connectivity index (χ2v) is 5.54. The van der Waals surface area contributed by atoms with Gasteiger partial charge < -0.3 is 15.1 Å². The molecule has 10 nitrogen and oxygen atoms in total. The Bertz CT molecular complexity index is 710. The summed E-state index contributed by atoms with van der Waals surface area (Å²) in [4.78, 5) is 19.6. The molecule has 1 fully saturated rings. The number of nitrogens with zero attached hydrogens (tertiary/aromatic N) is 7. The van der Waals surface area contributed by atoms with Crippen molar-refractivity contribution in [3.05, 3.63) is 50.2 Å². The highest BCUT2D eigenvalue weighted by molar-refractivity contribution is 5.95. The average Bonchev–Trinajstić information content (AvgIpc) is 3.03. The minimum absolute atomic E-state index is 0.0221. The second-order valence-electron chi connectivity index (χ2n) is 5.54. The minimum atomic E-state index is -0.363. The smallest absolute Gasteiger partial charge is 0.254 e. The second kappa shape index (κ2) is 8.19. The molecule has 126 valence electrons. The summed E-state index contributed by atoms with van der Waals surface area (Å²) in [5.74, 6) is -0.406. The number of hydrogen-bond acceptors (Lipinski definition) is 5. The molecule has 1 aliphatic heterocycles. The Labute approximate surface area is 137 Å². The maximum Gasteiger partial charge on any atom is 0.254 e. The summed E-state index contributed by atoms with van der Waals surface area (Å²) in [6.07, 6.45) is 0.528. The number of likely N-dealkylation sites (tertiary alicyclic amines) is 1. The van der Waals surface area contributed by atoms with Gasteiger partial charge in [-0.05, 0) is 41.2 Å². The lowest BCUT2D eigenvalue weighted by molar-refractivity contribution is 0.0672. The average molecular weight is 331 g/mol. The molecule has 2 unspecified atom stereocenters. The Morgan fingerprint density at radius 1 is 1.25 bits per heavy atom. The van der Waals surface area contributed by atoms with Gasteiger partial charge >= 0.3 is 0 Å². The first-order valence-electron chi connectivity index (χ1n) is 7.35. The molecule has 2 atom stereocenters. The molecule has 0 saturated carbocycles. The third-order valence-electron chi connectivity index (χ3n) is 3.93. The fourth-order valence-electron chi connectivity index (χ4n) is 2.85. The van der Waals surface area contributed by atoms with Crippen molar-refractivity contribution in [1.29, 1.82) is 0 Å². The molecule has 1 aromatic carbocycles. The maximum absolute atomic E-state index is 12.8. The van der Waals surface area contributed by atoms with E-state index in [1.54, 1.807) is 6.07 Å². The van der Waals surface area contributed by atoms with Crippen LogP contribution in [-0.4, -0.2) is 46.8 Å². The van der Waals surface area contributed by atoms with Gasteiger partial charge in [-0.2, -0.15) is 0 Å². The number of rotatable bonds is 6. The van der Waals surface area contributed by atoms with Crippen molar-refractivity contribution in [3.8, 4) is 0 Å². The Balaban J connectivity index is 2.34. The lowest BCUT2D eigenvalue weighted by Gasteiger charge is -2.23. The van der Waals surface area contributed by atoms with Crippen molar-refractivity contribution < 1.29 is 15.0 Å². The number of aliphatic hydroxyl groups is 2. The molecular formula is C14H17N7O3. The van der Waals surface area contributed by atoms with Crippen molar-refractivity contribution in [2.24, 2.45) is 16.1 Å². The van der Waals surface area contributed by atoms with E-state index in [2.05, 4.69) is 20.1 Å². The zero-order chi connectivity index (χ0) is 17.5. The molecule has 0 aromatic heterocycles. The molecule has 24 heavy (non-hydrogen) atoms. The number of azide groups is 2. The van der Waals surface area contributed by atoms with Gasteiger partial charge in [0.05, 0.1) is 19.2 Å². The highest BCUT2D eigenvalue weighted by atomic mass is 16.3.